The lowest BCUT2D eigenvalue weighted by Gasteiger charge is -2.24. The van der Waals surface area contributed by atoms with Gasteiger partial charge < -0.3 is 0 Å². The van der Waals surface area contributed by atoms with Gasteiger partial charge in [-0.3, -0.25) is 4.79 Å². The van der Waals surface area contributed by atoms with Crippen LogP contribution in [0, 0.1) is 0 Å². The Bertz CT molecular complexity index is 359. The summed E-state index contributed by atoms with van der Waals surface area (Å²) in [5.41, 5.74) is 2.82. The van der Waals surface area contributed by atoms with Crippen LogP contribution in [0.25, 0.3) is 0 Å². The van der Waals surface area contributed by atoms with Crippen molar-refractivity contribution in [3.63, 3.8) is 0 Å². The van der Waals surface area contributed by atoms with E-state index in [2.05, 4.69) is 36.9 Å². The van der Waals surface area contributed by atoms with E-state index in [1.54, 1.807) is 0 Å². The third-order valence-corrected chi connectivity index (χ3v) is 3.50. The Kier molecular flexibility index (Phi) is 3.47. The fourth-order valence-electron chi connectivity index (χ4n) is 2.41. The number of benzene rings is 1. The SMILES string of the molecule is O=C(CS)C[C@@H]1CCCc2ccccc21. The van der Waals surface area contributed by atoms with E-state index >= 15 is 0 Å². The fourth-order valence-corrected chi connectivity index (χ4v) is 2.54. The summed E-state index contributed by atoms with van der Waals surface area (Å²) in [5, 5.41) is 0. The van der Waals surface area contributed by atoms with E-state index in [0.29, 0.717) is 18.1 Å². The van der Waals surface area contributed by atoms with Crippen molar-refractivity contribution in [1.82, 2.24) is 0 Å². The lowest BCUT2D eigenvalue weighted by molar-refractivity contribution is -0.117. The van der Waals surface area contributed by atoms with Gasteiger partial charge in [-0.1, -0.05) is 24.3 Å². The van der Waals surface area contributed by atoms with Gasteiger partial charge in [-0.2, -0.15) is 12.6 Å². The molecule has 1 aromatic rings. The van der Waals surface area contributed by atoms with E-state index < -0.39 is 0 Å². The molecule has 1 nitrogen and oxygen atoms in total. The molecule has 0 bridgehead atoms. The second-order valence-corrected chi connectivity index (χ2v) is 4.51. The molecule has 0 N–H and O–H groups in total. The zero-order valence-electron chi connectivity index (χ0n) is 8.78. The maximum Gasteiger partial charge on any atom is 0.143 e. The number of Topliss-reactive ketones (excluding diaryl/α,β-unsaturated/α-hetero) is 1. The molecule has 0 amide bonds. The van der Waals surface area contributed by atoms with Crippen LogP contribution < -0.4 is 0 Å². The van der Waals surface area contributed by atoms with Crippen LogP contribution in [0.5, 0.6) is 0 Å². The van der Waals surface area contributed by atoms with Crippen molar-refractivity contribution < 1.29 is 4.79 Å². The van der Waals surface area contributed by atoms with Crippen LogP contribution in [0.1, 0.15) is 36.3 Å². The summed E-state index contributed by atoms with van der Waals surface area (Å²) in [6, 6.07) is 8.52. The van der Waals surface area contributed by atoms with Crippen LogP contribution in [0.4, 0.5) is 0 Å². The van der Waals surface area contributed by atoms with Gasteiger partial charge in [-0.05, 0) is 36.3 Å². The summed E-state index contributed by atoms with van der Waals surface area (Å²) in [6.07, 6.45) is 4.19. The van der Waals surface area contributed by atoms with Crippen LogP contribution in [0.15, 0.2) is 24.3 Å². The summed E-state index contributed by atoms with van der Waals surface area (Å²) in [4.78, 5) is 11.4. The molecule has 1 atom stereocenters. The first-order chi connectivity index (χ1) is 7.31. The van der Waals surface area contributed by atoms with Crippen LogP contribution >= 0.6 is 12.6 Å². The van der Waals surface area contributed by atoms with Gasteiger partial charge in [0.1, 0.15) is 5.78 Å². The minimum atomic E-state index is 0.264. The van der Waals surface area contributed by atoms with E-state index in [0.717, 1.165) is 6.42 Å². The molecule has 0 heterocycles. The molecule has 80 valence electrons. The van der Waals surface area contributed by atoms with Gasteiger partial charge in [0.15, 0.2) is 0 Å². The summed E-state index contributed by atoms with van der Waals surface area (Å²) < 4.78 is 0. The number of carbonyl (C=O) groups excluding carboxylic acids is 1. The molecule has 0 fully saturated rings. The number of hydrogen-bond donors (Lipinski definition) is 1. The average molecular weight is 220 g/mol. The van der Waals surface area contributed by atoms with Crippen molar-refractivity contribution >= 4 is 18.4 Å². The molecule has 0 saturated heterocycles. The molecule has 0 aromatic heterocycles. The number of hydrogen-bond acceptors (Lipinski definition) is 2. The van der Waals surface area contributed by atoms with E-state index in [4.69, 9.17) is 0 Å². The predicted octanol–water partition coefficient (Wildman–Crippen LogP) is 3.00. The Morgan fingerprint density at radius 3 is 3.00 bits per heavy atom. The number of fused-ring (bicyclic) bond motifs is 1. The Morgan fingerprint density at radius 2 is 2.20 bits per heavy atom. The maximum absolute atomic E-state index is 11.4. The summed E-state index contributed by atoms with van der Waals surface area (Å²) >= 11 is 4.04. The highest BCUT2D eigenvalue weighted by Gasteiger charge is 2.21. The minimum absolute atomic E-state index is 0.264. The van der Waals surface area contributed by atoms with Crippen molar-refractivity contribution in [2.45, 2.75) is 31.6 Å². The van der Waals surface area contributed by atoms with Crippen molar-refractivity contribution in [3.8, 4) is 0 Å². The molecule has 1 aliphatic rings. The molecule has 2 rings (SSSR count). The van der Waals surface area contributed by atoms with Crippen molar-refractivity contribution in [2.75, 3.05) is 5.75 Å². The van der Waals surface area contributed by atoms with Crippen LogP contribution in [0.3, 0.4) is 0 Å². The van der Waals surface area contributed by atoms with Crippen molar-refractivity contribution in [3.05, 3.63) is 35.4 Å². The minimum Gasteiger partial charge on any atom is -0.299 e. The van der Waals surface area contributed by atoms with Crippen LogP contribution in [-0.4, -0.2) is 11.5 Å². The normalized spacial score (nSPS) is 19.7. The van der Waals surface area contributed by atoms with E-state index in [9.17, 15) is 4.79 Å². The molecule has 0 aliphatic heterocycles. The van der Waals surface area contributed by atoms with Gasteiger partial charge in [0.05, 0.1) is 0 Å². The third kappa shape index (κ3) is 2.43. The Hall–Kier alpha value is -0.760. The highest BCUT2D eigenvalue weighted by atomic mass is 32.1. The molecule has 0 unspecified atom stereocenters. The van der Waals surface area contributed by atoms with Crippen molar-refractivity contribution in [2.24, 2.45) is 0 Å². The molecular weight excluding hydrogens is 204 g/mol. The highest BCUT2D eigenvalue weighted by Crippen LogP contribution is 2.33. The molecule has 0 radical (unpaired) electrons. The van der Waals surface area contributed by atoms with E-state index in [1.807, 2.05) is 0 Å². The quantitative estimate of drug-likeness (QED) is 0.775. The Balaban J connectivity index is 2.18. The molecule has 1 aliphatic carbocycles. The third-order valence-electron chi connectivity index (χ3n) is 3.14. The number of rotatable bonds is 3. The lowest BCUT2D eigenvalue weighted by Crippen LogP contribution is -2.14. The summed E-state index contributed by atoms with van der Waals surface area (Å²) in [5.74, 6) is 1.08. The predicted molar refractivity (Wildman–Crippen MR) is 65.6 cm³/mol. The van der Waals surface area contributed by atoms with Gasteiger partial charge in [-0.15, -0.1) is 0 Å². The molecular formula is C13H16OS. The van der Waals surface area contributed by atoms with Crippen LogP contribution in [0.2, 0.25) is 0 Å². The number of carbonyl (C=O) groups is 1. The number of thiol groups is 1. The van der Waals surface area contributed by atoms with Gasteiger partial charge >= 0.3 is 0 Å². The molecule has 2 heteroatoms. The first-order valence-electron chi connectivity index (χ1n) is 5.51. The van der Waals surface area contributed by atoms with Gasteiger partial charge in [-0.25, -0.2) is 0 Å². The topological polar surface area (TPSA) is 17.1 Å². The van der Waals surface area contributed by atoms with Gasteiger partial charge in [0.2, 0.25) is 0 Å². The van der Waals surface area contributed by atoms with E-state index in [-0.39, 0.29) is 5.78 Å². The standard InChI is InChI=1S/C13H16OS/c14-12(9-15)8-11-6-3-5-10-4-1-2-7-13(10)11/h1-2,4,7,11,15H,3,5-6,8-9H2/t11-/m0/s1. The largest absolute Gasteiger partial charge is 0.299 e. The van der Waals surface area contributed by atoms with Gasteiger partial charge in [0.25, 0.3) is 0 Å². The fraction of sp³-hybridized carbons (Fsp3) is 0.462. The smallest absolute Gasteiger partial charge is 0.143 e. The first-order valence-corrected chi connectivity index (χ1v) is 6.15. The van der Waals surface area contributed by atoms with Gasteiger partial charge in [0, 0.05) is 12.2 Å². The number of ketones is 1. The number of aryl methyl sites for hydroxylation is 1. The average Bonchev–Trinajstić information content (AvgIpc) is 2.29. The van der Waals surface area contributed by atoms with Crippen LogP contribution in [-0.2, 0) is 11.2 Å². The maximum atomic E-state index is 11.4. The monoisotopic (exact) mass is 220 g/mol. The highest BCUT2D eigenvalue weighted by molar-refractivity contribution is 7.81. The van der Waals surface area contributed by atoms with E-state index in [1.165, 1.54) is 24.0 Å². The second kappa shape index (κ2) is 4.84. The zero-order chi connectivity index (χ0) is 10.7. The summed E-state index contributed by atoms with van der Waals surface area (Å²) in [6.45, 7) is 0. The molecule has 0 spiro atoms. The lowest BCUT2D eigenvalue weighted by atomic mass is 9.80. The molecule has 1 aromatic carbocycles. The molecule has 15 heavy (non-hydrogen) atoms. The zero-order valence-corrected chi connectivity index (χ0v) is 9.67. The summed E-state index contributed by atoms with van der Waals surface area (Å²) in [7, 11) is 0. The Labute approximate surface area is 96.3 Å². The second-order valence-electron chi connectivity index (χ2n) is 4.19. The van der Waals surface area contributed by atoms with Crippen molar-refractivity contribution in [1.29, 1.82) is 0 Å². The first kappa shape index (κ1) is 10.7. The Morgan fingerprint density at radius 1 is 1.40 bits per heavy atom. The molecule has 0 saturated carbocycles.